The van der Waals surface area contributed by atoms with Gasteiger partial charge in [0.15, 0.2) is 0 Å². The van der Waals surface area contributed by atoms with Crippen molar-refractivity contribution in [2.45, 2.75) is 77.6 Å². The average Bonchev–Trinajstić information content (AvgIpc) is 3.28. The molecule has 1 aromatic heterocycles. The van der Waals surface area contributed by atoms with E-state index in [2.05, 4.69) is 59.7 Å². The largest absolute Gasteiger partial charge is 0.249 e. The number of aromatic nitrogens is 2. The number of hydrogen-bond donors (Lipinski definition) is 0. The molecule has 2 nitrogen and oxygen atoms in total. The van der Waals surface area contributed by atoms with Crippen LogP contribution < -0.4 is 0 Å². The molecule has 0 spiro atoms. The molecule has 2 heteroatoms. The summed E-state index contributed by atoms with van der Waals surface area (Å²) in [5, 5.41) is 0. The van der Waals surface area contributed by atoms with Gasteiger partial charge in [0.1, 0.15) is 0 Å². The fraction of sp³-hybridized carbons (Fsp3) is 0.600. The van der Waals surface area contributed by atoms with E-state index < -0.39 is 0 Å². The Morgan fingerprint density at radius 3 is 2.27 bits per heavy atom. The molecule has 0 aliphatic heterocycles. The van der Waals surface area contributed by atoms with Crippen LogP contribution in [0, 0.1) is 0 Å². The molecule has 1 aromatic carbocycles. The van der Waals surface area contributed by atoms with Crippen LogP contribution in [0.4, 0.5) is 0 Å². The third-order valence-corrected chi connectivity index (χ3v) is 5.02. The van der Waals surface area contributed by atoms with Gasteiger partial charge >= 0.3 is 0 Å². The minimum Gasteiger partial charge on any atom is -0.249 e. The Balaban J connectivity index is 2.29. The summed E-state index contributed by atoms with van der Waals surface area (Å²) in [4.78, 5) is 10.2. The number of hydrogen-bond acceptors (Lipinski definition) is 2. The van der Waals surface area contributed by atoms with E-state index in [0.29, 0.717) is 5.92 Å². The van der Waals surface area contributed by atoms with Crippen LogP contribution in [-0.2, 0) is 10.8 Å². The smallest absolute Gasteiger partial charge is 0.0927 e. The predicted molar refractivity (Wildman–Crippen MR) is 93.5 cm³/mol. The van der Waals surface area contributed by atoms with Crippen LogP contribution in [-0.4, -0.2) is 9.97 Å². The van der Waals surface area contributed by atoms with E-state index in [1.54, 1.807) is 0 Å². The lowest BCUT2D eigenvalue weighted by molar-refractivity contribution is 0.483. The highest BCUT2D eigenvalue weighted by Gasteiger charge is 2.34. The Labute approximate surface area is 134 Å². The summed E-state index contributed by atoms with van der Waals surface area (Å²) in [5.41, 5.74) is 6.13. The molecular formula is C20H28N2. The molecule has 0 amide bonds. The molecule has 0 bridgehead atoms. The van der Waals surface area contributed by atoms with Crippen LogP contribution in [0.2, 0.25) is 0 Å². The van der Waals surface area contributed by atoms with Gasteiger partial charge in [-0.25, -0.2) is 9.97 Å². The Hall–Kier alpha value is -1.44. The standard InChI is InChI=1S/C20H28N2/c1-7-20(5,6)18-16(13-11-12-13)22-17-14(19(2,3)4)9-8-10-15(17)21-18/h8-10,13H,7,11-12H2,1-6H3. The average molecular weight is 296 g/mol. The van der Waals surface area contributed by atoms with Crippen molar-refractivity contribution in [1.82, 2.24) is 9.97 Å². The van der Waals surface area contributed by atoms with Gasteiger partial charge in [0.05, 0.1) is 22.4 Å². The van der Waals surface area contributed by atoms with E-state index in [-0.39, 0.29) is 10.8 Å². The van der Waals surface area contributed by atoms with Gasteiger partial charge in [-0.1, -0.05) is 53.7 Å². The molecule has 22 heavy (non-hydrogen) atoms. The van der Waals surface area contributed by atoms with Gasteiger partial charge in [-0.3, -0.25) is 0 Å². The Bertz CT molecular complexity index is 703. The van der Waals surface area contributed by atoms with Crippen molar-refractivity contribution >= 4 is 11.0 Å². The zero-order valence-electron chi connectivity index (χ0n) is 14.8. The lowest BCUT2D eigenvalue weighted by Crippen LogP contribution is -2.22. The first-order valence-corrected chi connectivity index (χ1v) is 8.55. The number of benzene rings is 1. The van der Waals surface area contributed by atoms with Gasteiger partial charge in [-0.05, 0) is 36.3 Å². The Morgan fingerprint density at radius 1 is 1.05 bits per heavy atom. The first-order chi connectivity index (χ1) is 10.2. The van der Waals surface area contributed by atoms with Crippen molar-refractivity contribution in [3.63, 3.8) is 0 Å². The van der Waals surface area contributed by atoms with Gasteiger partial charge in [0, 0.05) is 11.3 Å². The van der Waals surface area contributed by atoms with Gasteiger partial charge < -0.3 is 0 Å². The minimum absolute atomic E-state index is 0.0940. The summed E-state index contributed by atoms with van der Waals surface area (Å²) in [6.45, 7) is 13.6. The van der Waals surface area contributed by atoms with Crippen LogP contribution in [0.5, 0.6) is 0 Å². The van der Waals surface area contributed by atoms with E-state index in [1.807, 2.05) is 0 Å². The second-order valence-corrected chi connectivity index (χ2v) is 8.39. The molecule has 1 aliphatic carbocycles. The summed E-state index contributed by atoms with van der Waals surface area (Å²) in [6, 6.07) is 6.44. The highest BCUT2D eigenvalue weighted by Crippen LogP contribution is 2.44. The Kier molecular flexibility index (Phi) is 3.54. The number of rotatable bonds is 3. The van der Waals surface area contributed by atoms with E-state index in [4.69, 9.17) is 9.97 Å². The molecule has 0 atom stereocenters. The molecular weight excluding hydrogens is 268 g/mol. The van der Waals surface area contributed by atoms with Crippen LogP contribution in [0.1, 0.15) is 83.7 Å². The first-order valence-electron chi connectivity index (χ1n) is 8.55. The van der Waals surface area contributed by atoms with Gasteiger partial charge in [-0.2, -0.15) is 0 Å². The van der Waals surface area contributed by atoms with Crippen molar-refractivity contribution in [2.24, 2.45) is 0 Å². The summed E-state index contributed by atoms with van der Waals surface area (Å²) in [7, 11) is 0. The lowest BCUT2D eigenvalue weighted by Gasteiger charge is -2.26. The Morgan fingerprint density at radius 2 is 1.73 bits per heavy atom. The van der Waals surface area contributed by atoms with Crippen molar-refractivity contribution in [3.05, 3.63) is 35.2 Å². The fourth-order valence-corrected chi connectivity index (χ4v) is 3.00. The maximum absolute atomic E-state index is 5.16. The number of para-hydroxylation sites is 1. The molecule has 3 rings (SSSR count). The maximum Gasteiger partial charge on any atom is 0.0927 e. The van der Waals surface area contributed by atoms with Crippen LogP contribution in [0.15, 0.2) is 18.2 Å². The van der Waals surface area contributed by atoms with E-state index in [9.17, 15) is 0 Å². The van der Waals surface area contributed by atoms with Crippen molar-refractivity contribution < 1.29 is 0 Å². The molecule has 1 aliphatic rings. The molecule has 0 radical (unpaired) electrons. The maximum atomic E-state index is 5.16. The molecule has 1 fully saturated rings. The van der Waals surface area contributed by atoms with E-state index in [1.165, 1.54) is 29.8 Å². The van der Waals surface area contributed by atoms with Crippen molar-refractivity contribution in [1.29, 1.82) is 0 Å². The number of nitrogens with zero attached hydrogens (tertiary/aromatic N) is 2. The number of fused-ring (bicyclic) bond motifs is 1. The highest BCUT2D eigenvalue weighted by atomic mass is 14.9. The summed E-state index contributed by atoms with van der Waals surface area (Å²) in [6.07, 6.45) is 3.63. The van der Waals surface area contributed by atoms with Crippen LogP contribution >= 0.6 is 0 Å². The van der Waals surface area contributed by atoms with Crippen LogP contribution in [0.3, 0.4) is 0 Å². The van der Waals surface area contributed by atoms with E-state index in [0.717, 1.165) is 17.5 Å². The second kappa shape index (κ2) is 5.04. The first kappa shape index (κ1) is 15.5. The quantitative estimate of drug-likeness (QED) is 0.748. The summed E-state index contributed by atoms with van der Waals surface area (Å²) < 4.78 is 0. The normalized spacial score (nSPS) is 16.3. The topological polar surface area (TPSA) is 25.8 Å². The molecule has 0 unspecified atom stereocenters. The zero-order valence-corrected chi connectivity index (χ0v) is 14.8. The van der Waals surface area contributed by atoms with E-state index >= 15 is 0 Å². The lowest BCUT2D eigenvalue weighted by atomic mass is 9.83. The zero-order chi connectivity index (χ0) is 16.1. The molecule has 1 saturated carbocycles. The third-order valence-electron chi connectivity index (χ3n) is 5.02. The van der Waals surface area contributed by atoms with Crippen LogP contribution in [0.25, 0.3) is 11.0 Å². The SMILES string of the molecule is CCC(C)(C)c1nc2cccc(C(C)(C)C)c2nc1C1CC1. The fourth-order valence-electron chi connectivity index (χ4n) is 3.00. The predicted octanol–water partition coefficient (Wildman–Crippen LogP) is 5.49. The summed E-state index contributed by atoms with van der Waals surface area (Å²) >= 11 is 0. The summed E-state index contributed by atoms with van der Waals surface area (Å²) in [5.74, 6) is 0.630. The molecule has 1 heterocycles. The molecule has 118 valence electrons. The monoisotopic (exact) mass is 296 g/mol. The molecule has 0 N–H and O–H groups in total. The minimum atomic E-state index is 0.0940. The van der Waals surface area contributed by atoms with Crippen molar-refractivity contribution in [2.75, 3.05) is 0 Å². The third kappa shape index (κ3) is 2.64. The van der Waals surface area contributed by atoms with Gasteiger partial charge in [0.25, 0.3) is 0 Å². The molecule has 0 saturated heterocycles. The molecule has 2 aromatic rings. The van der Waals surface area contributed by atoms with Gasteiger partial charge in [-0.15, -0.1) is 0 Å². The highest BCUT2D eigenvalue weighted by molar-refractivity contribution is 5.79. The second-order valence-electron chi connectivity index (χ2n) is 8.39. The van der Waals surface area contributed by atoms with Crippen molar-refractivity contribution in [3.8, 4) is 0 Å². The van der Waals surface area contributed by atoms with Gasteiger partial charge in [0.2, 0.25) is 0 Å².